The predicted molar refractivity (Wildman–Crippen MR) is 85.5 cm³/mol. The standard InChI is InChI=1S/C16H14BrFN2O/c1-19-8-9-20(15-5-3-2-4-14(15)19)16(21)12-7-6-11(18)10-13(12)17/h2-7,10H,8-9H2,1H3. The molecule has 0 fully saturated rings. The Balaban J connectivity index is 2.01. The molecule has 108 valence electrons. The molecule has 0 aromatic heterocycles. The van der Waals surface area contributed by atoms with E-state index in [0.29, 0.717) is 16.6 Å². The molecule has 3 rings (SSSR count). The van der Waals surface area contributed by atoms with Crippen LogP contribution in [-0.4, -0.2) is 26.0 Å². The van der Waals surface area contributed by atoms with Crippen molar-refractivity contribution in [2.45, 2.75) is 0 Å². The van der Waals surface area contributed by atoms with Gasteiger partial charge in [0, 0.05) is 24.6 Å². The van der Waals surface area contributed by atoms with Gasteiger partial charge in [-0.05, 0) is 46.3 Å². The van der Waals surface area contributed by atoms with Crippen molar-refractivity contribution in [3.63, 3.8) is 0 Å². The summed E-state index contributed by atoms with van der Waals surface area (Å²) < 4.78 is 13.7. The van der Waals surface area contributed by atoms with E-state index in [1.165, 1.54) is 18.2 Å². The zero-order valence-electron chi connectivity index (χ0n) is 11.5. The van der Waals surface area contributed by atoms with Gasteiger partial charge in [0.25, 0.3) is 5.91 Å². The van der Waals surface area contributed by atoms with Crippen molar-refractivity contribution >= 4 is 33.2 Å². The van der Waals surface area contributed by atoms with Gasteiger partial charge in [0.1, 0.15) is 5.82 Å². The zero-order chi connectivity index (χ0) is 15.0. The monoisotopic (exact) mass is 348 g/mol. The van der Waals surface area contributed by atoms with E-state index in [2.05, 4.69) is 20.8 Å². The quantitative estimate of drug-likeness (QED) is 0.784. The normalized spacial score (nSPS) is 14.0. The fourth-order valence-electron chi connectivity index (χ4n) is 2.53. The second kappa shape index (κ2) is 5.48. The van der Waals surface area contributed by atoms with Crippen LogP contribution in [0.4, 0.5) is 15.8 Å². The Bertz CT molecular complexity index is 704. The van der Waals surface area contributed by atoms with E-state index < -0.39 is 0 Å². The Morgan fingerprint density at radius 1 is 1.14 bits per heavy atom. The number of hydrogen-bond donors (Lipinski definition) is 0. The number of likely N-dealkylation sites (N-methyl/N-ethyl adjacent to an activating group) is 1. The smallest absolute Gasteiger partial charge is 0.259 e. The predicted octanol–water partition coefficient (Wildman–Crippen LogP) is 3.68. The molecular formula is C16H14BrFN2O. The number of anilines is 2. The number of rotatable bonds is 1. The van der Waals surface area contributed by atoms with Gasteiger partial charge in [-0.15, -0.1) is 0 Å². The Kier molecular flexibility index (Phi) is 3.68. The summed E-state index contributed by atoms with van der Waals surface area (Å²) in [5, 5.41) is 0. The molecule has 0 spiro atoms. The van der Waals surface area contributed by atoms with Crippen LogP contribution in [-0.2, 0) is 0 Å². The van der Waals surface area contributed by atoms with Gasteiger partial charge in [-0.1, -0.05) is 12.1 Å². The number of nitrogens with zero attached hydrogens (tertiary/aromatic N) is 2. The van der Waals surface area contributed by atoms with Gasteiger partial charge in [-0.2, -0.15) is 0 Å². The number of halogens is 2. The molecule has 5 heteroatoms. The van der Waals surface area contributed by atoms with Gasteiger partial charge in [-0.3, -0.25) is 4.79 Å². The van der Waals surface area contributed by atoms with Crippen molar-refractivity contribution in [1.29, 1.82) is 0 Å². The largest absolute Gasteiger partial charge is 0.371 e. The summed E-state index contributed by atoms with van der Waals surface area (Å²) in [4.78, 5) is 16.6. The minimum atomic E-state index is -0.364. The number of hydrogen-bond acceptors (Lipinski definition) is 2. The number of carbonyl (C=O) groups is 1. The number of fused-ring (bicyclic) bond motifs is 1. The molecule has 0 saturated heterocycles. The van der Waals surface area contributed by atoms with Crippen molar-refractivity contribution in [2.24, 2.45) is 0 Å². The number of para-hydroxylation sites is 2. The Labute approximate surface area is 131 Å². The number of carbonyl (C=O) groups excluding carboxylic acids is 1. The Hall–Kier alpha value is -1.88. The molecule has 0 N–H and O–H groups in total. The van der Waals surface area contributed by atoms with E-state index in [9.17, 15) is 9.18 Å². The first-order valence-electron chi connectivity index (χ1n) is 6.65. The molecule has 1 aliphatic rings. The van der Waals surface area contributed by atoms with Crippen LogP contribution < -0.4 is 9.80 Å². The van der Waals surface area contributed by atoms with E-state index in [0.717, 1.165) is 17.9 Å². The van der Waals surface area contributed by atoms with Gasteiger partial charge < -0.3 is 9.80 Å². The number of amides is 1. The third-order valence-electron chi connectivity index (χ3n) is 3.65. The Morgan fingerprint density at radius 2 is 1.86 bits per heavy atom. The molecule has 0 bridgehead atoms. The third kappa shape index (κ3) is 2.53. The maximum absolute atomic E-state index is 13.2. The minimum absolute atomic E-state index is 0.123. The van der Waals surface area contributed by atoms with Crippen LogP contribution in [0.25, 0.3) is 0 Å². The van der Waals surface area contributed by atoms with Gasteiger partial charge in [-0.25, -0.2) is 4.39 Å². The van der Waals surface area contributed by atoms with Crippen molar-refractivity contribution in [3.8, 4) is 0 Å². The molecule has 21 heavy (non-hydrogen) atoms. The lowest BCUT2D eigenvalue weighted by molar-refractivity contribution is 0.0986. The van der Waals surface area contributed by atoms with Crippen molar-refractivity contribution in [3.05, 3.63) is 58.3 Å². The second-order valence-corrected chi connectivity index (χ2v) is 5.85. The van der Waals surface area contributed by atoms with Gasteiger partial charge in [0.15, 0.2) is 0 Å². The lowest BCUT2D eigenvalue weighted by Crippen LogP contribution is -2.42. The van der Waals surface area contributed by atoms with Crippen LogP contribution in [0.3, 0.4) is 0 Å². The highest BCUT2D eigenvalue weighted by Crippen LogP contribution is 2.33. The molecule has 1 aliphatic heterocycles. The molecule has 1 amide bonds. The lowest BCUT2D eigenvalue weighted by atomic mass is 10.1. The summed E-state index contributed by atoms with van der Waals surface area (Å²) in [5.41, 5.74) is 2.37. The molecule has 0 unspecified atom stereocenters. The summed E-state index contributed by atoms with van der Waals surface area (Å²) in [6.07, 6.45) is 0. The fraction of sp³-hybridized carbons (Fsp3) is 0.188. The molecule has 0 aliphatic carbocycles. The molecule has 0 saturated carbocycles. The van der Waals surface area contributed by atoms with Gasteiger partial charge in [0.2, 0.25) is 0 Å². The molecule has 2 aromatic rings. The maximum atomic E-state index is 13.2. The molecule has 1 heterocycles. The SMILES string of the molecule is CN1CCN(C(=O)c2ccc(F)cc2Br)c2ccccc21. The highest BCUT2D eigenvalue weighted by molar-refractivity contribution is 9.10. The fourth-order valence-corrected chi connectivity index (χ4v) is 3.05. The summed E-state index contributed by atoms with van der Waals surface area (Å²) in [5.74, 6) is -0.486. The van der Waals surface area contributed by atoms with Crippen molar-refractivity contribution in [2.75, 3.05) is 29.9 Å². The average molecular weight is 349 g/mol. The zero-order valence-corrected chi connectivity index (χ0v) is 13.1. The Morgan fingerprint density at radius 3 is 2.57 bits per heavy atom. The van der Waals surface area contributed by atoms with Crippen LogP contribution in [0.5, 0.6) is 0 Å². The van der Waals surface area contributed by atoms with Crippen LogP contribution in [0.2, 0.25) is 0 Å². The average Bonchev–Trinajstić information content (AvgIpc) is 2.47. The molecule has 2 aromatic carbocycles. The van der Waals surface area contributed by atoms with Crippen molar-refractivity contribution in [1.82, 2.24) is 0 Å². The van der Waals surface area contributed by atoms with Crippen molar-refractivity contribution < 1.29 is 9.18 Å². The molecule has 0 radical (unpaired) electrons. The number of benzene rings is 2. The minimum Gasteiger partial charge on any atom is -0.371 e. The van der Waals surface area contributed by atoms with Gasteiger partial charge in [0.05, 0.1) is 16.9 Å². The molecule has 3 nitrogen and oxygen atoms in total. The lowest BCUT2D eigenvalue weighted by Gasteiger charge is -2.35. The van der Waals surface area contributed by atoms with E-state index in [1.807, 2.05) is 31.3 Å². The third-order valence-corrected chi connectivity index (χ3v) is 4.31. The van der Waals surface area contributed by atoms with Crippen LogP contribution in [0, 0.1) is 5.82 Å². The summed E-state index contributed by atoms with van der Waals surface area (Å²) in [6, 6.07) is 11.9. The first-order valence-corrected chi connectivity index (χ1v) is 7.44. The first-order chi connectivity index (χ1) is 10.1. The van der Waals surface area contributed by atoms with Gasteiger partial charge >= 0.3 is 0 Å². The first kappa shape index (κ1) is 14.1. The van der Waals surface area contributed by atoms with E-state index in [-0.39, 0.29) is 11.7 Å². The van der Waals surface area contributed by atoms with Crippen LogP contribution >= 0.6 is 15.9 Å². The topological polar surface area (TPSA) is 23.6 Å². The summed E-state index contributed by atoms with van der Waals surface area (Å²) in [7, 11) is 2.01. The highest BCUT2D eigenvalue weighted by Gasteiger charge is 2.26. The van der Waals surface area contributed by atoms with E-state index in [1.54, 1.807) is 4.90 Å². The summed E-state index contributed by atoms with van der Waals surface area (Å²) >= 11 is 3.27. The van der Waals surface area contributed by atoms with E-state index in [4.69, 9.17) is 0 Å². The molecular weight excluding hydrogens is 335 g/mol. The maximum Gasteiger partial charge on any atom is 0.259 e. The van der Waals surface area contributed by atoms with E-state index >= 15 is 0 Å². The highest BCUT2D eigenvalue weighted by atomic mass is 79.9. The second-order valence-electron chi connectivity index (χ2n) is 4.99. The molecule has 0 atom stereocenters. The van der Waals surface area contributed by atoms with Crippen LogP contribution in [0.15, 0.2) is 46.9 Å². The summed E-state index contributed by atoms with van der Waals surface area (Å²) in [6.45, 7) is 1.37. The van der Waals surface area contributed by atoms with Crippen LogP contribution in [0.1, 0.15) is 10.4 Å².